The summed E-state index contributed by atoms with van der Waals surface area (Å²) in [5, 5.41) is 17.0. The Labute approximate surface area is 150 Å². The van der Waals surface area contributed by atoms with Gasteiger partial charge in [0, 0.05) is 11.1 Å². The fourth-order valence-corrected chi connectivity index (χ4v) is 2.83. The molecule has 0 radical (unpaired) electrons. The Bertz CT molecular complexity index is 950. The predicted octanol–water partition coefficient (Wildman–Crippen LogP) is 4.33. The van der Waals surface area contributed by atoms with Crippen LogP contribution in [0.2, 0.25) is 5.02 Å². The van der Waals surface area contributed by atoms with Gasteiger partial charge in [-0.3, -0.25) is 14.9 Å². The highest BCUT2D eigenvalue weighted by atomic mass is 35.5. The molecule has 0 aliphatic heterocycles. The lowest BCUT2D eigenvalue weighted by Gasteiger charge is -2.00. The first-order valence-electron chi connectivity index (χ1n) is 6.95. The number of benzene rings is 1. The highest BCUT2D eigenvalue weighted by molar-refractivity contribution is 7.12. The Morgan fingerprint density at radius 3 is 2.88 bits per heavy atom. The second-order valence-corrected chi connectivity index (χ2v) is 6.18. The molecular weight excluding hydrogens is 366 g/mol. The van der Waals surface area contributed by atoms with Crippen molar-refractivity contribution >= 4 is 40.7 Å². The summed E-state index contributed by atoms with van der Waals surface area (Å²) in [4.78, 5) is 22.9. The number of furan rings is 1. The van der Waals surface area contributed by atoms with Crippen molar-refractivity contribution in [3.63, 3.8) is 0 Å². The first kappa shape index (κ1) is 16.9. The fraction of sp³-hybridized carbons (Fsp3) is 0. The predicted molar refractivity (Wildman–Crippen MR) is 95.2 cm³/mol. The molecule has 0 spiro atoms. The van der Waals surface area contributed by atoms with Crippen molar-refractivity contribution < 1.29 is 14.1 Å². The number of thiophene rings is 1. The third-order valence-corrected chi connectivity index (χ3v) is 4.26. The van der Waals surface area contributed by atoms with Crippen molar-refractivity contribution in [1.29, 1.82) is 0 Å². The zero-order valence-corrected chi connectivity index (χ0v) is 14.1. The second kappa shape index (κ2) is 7.29. The number of nitrogens with zero attached hydrogens (tertiary/aromatic N) is 2. The molecule has 2 aromatic heterocycles. The lowest BCUT2D eigenvalue weighted by atomic mass is 10.1. The molecule has 0 aliphatic rings. The van der Waals surface area contributed by atoms with Crippen LogP contribution in [0.25, 0.3) is 11.3 Å². The quantitative estimate of drug-likeness (QED) is 0.407. The lowest BCUT2D eigenvalue weighted by Crippen LogP contribution is -2.15. The van der Waals surface area contributed by atoms with Gasteiger partial charge in [-0.1, -0.05) is 17.7 Å². The summed E-state index contributed by atoms with van der Waals surface area (Å²) in [6, 6.07) is 10.9. The monoisotopic (exact) mass is 375 g/mol. The molecule has 2 heterocycles. The Morgan fingerprint density at radius 2 is 2.16 bits per heavy atom. The van der Waals surface area contributed by atoms with Gasteiger partial charge in [0.15, 0.2) is 0 Å². The zero-order valence-electron chi connectivity index (χ0n) is 12.5. The number of rotatable bonds is 5. The molecule has 1 N–H and O–H groups in total. The van der Waals surface area contributed by atoms with Crippen LogP contribution in [0.1, 0.15) is 15.4 Å². The number of nitro groups is 1. The summed E-state index contributed by atoms with van der Waals surface area (Å²) in [5.41, 5.74) is 2.52. The fourth-order valence-electron chi connectivity index (χ4n) is 2.05. The summed E-state index contributed by atoms with van der Waals surface area (Å²) >= 11 is 7.10. The maximum atomic E-state index is 11.7. The van der Waals surface area contributed by atoms with E-state index in [2.05, 4.69) is 10.5 Å². The third kappa shape index (κ3) is 3.93. The number of nitrogens with one attached hydrogen (secondary N) is 1. The van der Waals surface area contributed by atoms with Crippen LogP contribution < -0.4 is 5.43 Å². The summed E-state index contributed by atoms with van der Waals surface area (Å²) < 4.78 is 5.53. The van der Waals surface area contributed by atoms with Crippen molar-refractivity contribution in [3.05, 3.63) is 73.6 Å². The van der Waals surface area contributed by atoms with E-state index in [9.17, 15) is 14.9 Å². The Morgan fingerprint density at radius 1 is 1.32 bits per heavy atom. The van der Waals surface area contributed by atoms with Gasteiger partial charge in [-0.2, -0.15) is 5.10 Å². The molecule has 1 aromatic carbocycles. The van der Waals surface area contributed by atoms with E-state index in [0.717, 1.165) is 0 Å². The van der Waals surface area contributed by atoms with E-state index in [4.69, 9.17) is 16.0 Å². The summed E-state index contributed by atoms with van der Waals surface area (Å²) in [6.07, 6.45) is 1.32. The molecule has 0 fully saturated rings. The van der Waals surface area contributed by atoms with Gasteiger partial charge in [-0.25, -0.2) is 5.43 Å². The number of hydrogen-bond acceptors (Lipinski definition) is 6. The summed E-state index contributed by atoms with van der Waals surface area (Å²) in [5.74, 6) is 0.312. The van der Waals surface area contributed by atoms with Gasteiger partial charge in [0.05, 0.1) is 21.6 Å². The topological polar surface area (TPSA) is 97.7 Å². The number of hydrazone groups is 1. The lowest BCUT2D eigenvalue weighted by molar-refractivity contribution is -0.384. The molecule has 0 bridgehead atoms. The van der Waals surface area contributed by atoms with Crippen LogP contribution in [0.3, 0.4) is 0 Å². The van der Waals surface area contributed by atoms with Gasteiger partial charge < -0.3 is 4.42 Å². The van der Waals surface area contributed by atoms with Gasteiger partial charge in [-0.15, -0.1) is 11.3 Å². The van der Waals surface area contributed by atoms with E-state index in [1.807, 2.05) is 0 Å². The molecule has 7 nitrogen and oxygen atoms in total. The summed E-state index contributed by atoms with van der Waals surface area (Å²) in [6.45, 7) is 0. The molecule has 1 amide bonds. The zero-order chi connectivity index (χ0) is 17.8. The SMILES string of the molecule is O=C(N/N=C\c1ccc(-c2ccc(Cl)cc2[N+](=O)[O-])o1)c1cccs1. The Hall–Kier alpha value is -2.97. The molecule has 0 aliphatic carbocycles. The minimum Gasteiger partial charge on any atom is -0.455 e. The number of amides is 1. The van der Waals surface area contributed by atoms with Gasteiger partial charge in [0.1, 0.15) is 11.5 Å². The number of halogens is 1. The average molecular weight is 376 g/mol. The molecule has 0 saturated carbocycles. The standard InChI is InChI=1S/C16H10ClN3O4S/c17-10-3-5-12(13(8-10)20(22)23)14-6-4-11(24-14)9-18-19-16(21)15-2-1-7-25-15/h1-9H,(H,19,21)/b18-9-. The highest BCUT2D eigenvalue weighted by Crippen LogP contribution is 2.33. The van der Waals surface area contributed by atoms with Crippen LogP contribution >= 0.6 is 22.9 Å². The van der Waals surface area contributed by atoms with Gasteiger partial charge >= 0.3 is 0 Å². The number of carbonyl (C=O) groups is 1. The Balaban J connectivity index is 1.76. The van der Waals surface area contributed by atoms with Crippen molar-refractivity contribution in [1.82, 2.24) is 5.43 Å². The molecule has 0 saturated heterocycles. The van der Waals surface area contributed by atoms with Gasteiger partial charge in [0.25, 0.3) is 11.6 Å². The summed E-state index contributed by atoms with van der Waals surface area (Å²) in [7, 11) is 0. The average Bonchev–Trinajstić information content (AvgIpc) is 3.26. The molecular formula is C16H10ClN3O4S. The maximum Gasteiger partial charge on any atom is 0.281 e. The third-order valence-electron chi connectivity index (χ3n) is 3.15. The van der Waals surface area contributed by atoms with Gasteiger partial charge in [0.2, 0.25) is 0 Å². The number of carbonyl (C=O) groups excluding carboxylic acids is 1. The van der Waals surface area contributed by atoms with Crippen LogP contribution in [0, 0.1) is 10.1 Å². The van der Waals surface area contributed by atoms with E-state index in [1.54, 1.807) is 35.7 Å². The molecule has 9 heteroatoms. The molecule has 25 heavy (non-hydrogen) atoms. The van der Waals surface area contributed by atoms with Crippen LogP contribution in [0.15, 0.2) is 57.4 Å². The van der Waals surface area contributed by atoms with Crippen molar-refractivity contribution in [2.24, 2.45) is 5.10 Å². The van der Waals surface area contributed by atoms with E-state index in [0.29, 0.717) is 22.0 Å². The first-order chi connectivity index (χ1) is 12.0. The van der Waals surface area contributed by atoms with E-state index in [1.165, 1.54) is 29.7 Å². The van der Waals surface area contributed by atoms with Gasteiger partial charge in [-0.05, 0) is 35.7 Å². The van der Waals surface area contributed by atoms with Crippen molar-refractivity contribution in [2.45, 2.75) is 0 Å². The smallest absolute Gasteiger partial charge is 0.281 e. The van der Waals surface area contributed by atoms with Crippen LogP contribution in [0.5, 0.6) is 0 Å². The number of nitro benzene ring substituents is 1. The van der Waals surface area contributed by atoms with Crippen molar-refractivity contribution in [2.75, 3.05) is 0 Å². The number of hydrogen-bond donors (Lipinski definition) is 1. The first-order valence-corrected chi connectivity index (χ1v) is 8.21. The minimum absolute atomic E-state index is 0.156. The molecule has 3 rings (SSSR count). The van der Waals surface area contributed by atoms with E-state index < -0.39 is 4.92 Å². The minimum atomic E-state index is -0.529. The molecule has 0 atom stereocenters. The largest absolute Gasteiger partial charge is 0.455 e. The Kier molecular flexibility index (Phi) is 4.92. The van der Waals surface area contributed by atoms with E-state index in [-0.39, 0.29) is 16.6 Å². The highest BCUT2D eigenvalue weighted by Gasteiger charge is 2.18. The molecule has 3 aromatic rings. The second-order valence-electron chi connectivity index (χ2n) is 4.80. The van der Waals surface area contributed by atoms with Crippen LogP contribution in [0.4, 0.5) is 5.69 Å². The normalized spacial score (nSPS) is 10.9. The van der Waals surface area contributed by atoms with Crippen LogP contribution in [-0.2, 0) is 0 Å². The molecule has 0 unspecified atom stereocenters. The maximum absolute atomic E-state index is 11.7. The molecule has 126 valence electrons. The van der Waals surface area contributed by atoms with Crippen molar-refractivity contribution in [3.8, 4) is 11.3 Å². The van der Waals surface area contributed by atoms with Crippen LogP contribution in [-0.4, -0.2) is 17.0 Å². The van der Waals surface area contributed by atoms with E-state index >= 15 is 0 Å².